The van der Waals surface area contributed by atoms with Gasteiger partial charge < -0.3 is 14.7 Å². The van der Waals surface area contributed by atoms with Crippen LogP contribution in [0.25, 0.3) is 11.1 Å². The monoisotopic (exact) mass is 540 g/mol. The van der Waals surface area contributed by atoms with E-state index in [9.17, 15) is 9.90 Å². The molecular formula is C30H34Cl2N2O3. The van der Waals surface area contributed by atoms with Crippen LogP contribution in [0.15, 0.2) is 66.7 Å². The van der Waals surface area contributed by atoms with Crippen molar-refractivity contribution in [2.45, 2.75) is 39.1 Å². The van der Waals surface area contributed by atoms with Gasteiger partial charge >= 0.3 is 0 Å². The number of carbonyl (C=O) groups is 1. The maximum Gasteiger partial charge on any atom is 0.254 e. The number of benzene rings is 3. The lowest BCUT2D eigenvalue weighted by Crippen LogP contribution is -2.47. The van der Waals surface area contributed by atoms with Crippen LogP contribution in [-0.2, 0) is 17.9 Å². The van der Waals surface area contributed by atoms with E-state index in [-0.39, 0.29) is 30.6 Å². The number of ether oxygens (including phenoxy) is 1. The third kappa shape index (κ3) is 6.54. The predicted molar refractivity (Wildman–Crippen MR) is 150 cm³/mol. The molecule has 0 bridgehead atoms. The SMILES string of the molecule is C[C@H]1CN([C@@H](C)CO)C(=O)c2ccccc2-c2ccccc2CO[C@@H]1CN(C)Cc1ccc(Cl)c(Cl)c1. The van der Waals surface area contributed by atoms with Crippen LogP contribution in [0.2, 0.25) is 10.0 Å². The van der Waals surface area contributed by atoms with Gasteiger partial charge in [0, 0.05) is 31.1 Å². The summed E-state index contributed by atoms with van der Waals surface area (Å²) in [5.41, 5.74) is 4.60. The maximum absolute atomic E-state index is 13.9. The molecule has 0 aromatic heterocycles. The summed E-state index contributed by atoms with van der Waals surface area (Å²) in [4.78, 5) is 17.9. The van der Waals surface area contributed by atoms with Gasteiger partial charge in [0.25, 0.3) is 5.91 Å². The molecular weight excluding hydrogens is 507 g/mol. The zero-order chi connectivity index (χ0) is 26.5. The number of carbonyl (C=O) groups excluding carboxylic acids is 1. The first-order valence-electron chi connectivity index (χ1n) is 12.6. The fraction of sp³-hybridized carbons (Fsp3) is 0.367. The van der Waals surface area contributed by atoms with Crippen molar-refractivity contribution < 1.29 is 14.6 Å². The van der Waals surface area contributed by atoms with Gasteiger partial charge in [0.15, 0.2) is 0 Å². The summed E-state index contributed by atoms with van der Waals surface area (Å²) < 4.78 is 6.59. The fourth-order valence-corrected chi connectivity index (χ4v) is 5.19. The second kappa shape index (κ2) is 12.4. The van der Waals surface area contributed by atoms with E-state index >= 15 is 0 Å². The molecule has 1 N–H and O–H groups in total. The molecule has 5 nitrogen and oxygen atoms in total. The Hall–Kier alpha value is -2.41. The summed E-state index contributed by atoms with van der Waals surface area (Å²) in [7, 11) is 2.05. The van der Waals surface area contributed by atoms with Crippen molar-refractivity contribution in [3.05, 3.63) is 93.5 Å². The number of likely N-dealkylation sites (N-methyl/N-ethyl adjacent to an activating group) is 1. The molecule has 0 saturated carbocycles. The number of rotatable bonds is 6. The summed E-state index contributed by atoms with van der Waals surface area (Å²) in [5, 5.41) is 11.1. The van der Waals surface area contributed by atoms with E-state index < -0.39 is 0 Å². The lowest BCUT2D eigenvalue weighted by Gasteiger charge is -2.35. The molecule has 0 saturated heterocycles. The van der Waals surface area contributed by atoms with E-state index in [1.54, 1.807) is 4.90 Å². The van der Waals surface area contributed by atoms with Crippen LogP contribution in [0.3, 0.4) is 0 Å². The Morgan fingerprint density at radius 3 is 2.41 bits per heavy atom. The van der Waals surface area contributed by atoms with Crippen molar-refractivity contribution in [1.29, 1.82) is 0 Å². The highest BCUT2D eigenvalue weighted by atomic mass is 35.5. The van der Waals surface area contributed by atoms with Gasteiger partial charge in [-0.2, -0.15) is 0 Å². The van der Waals surface area contributed by atoms with Crippen LogP contribution in [0.4, 0.5) is 0 Å². The number of amides is 1. The van der Waals surface area contributed by atoms with Crippen molar-refractivity contribution in [2.75, 3.05) is 26.7 Å². The highest BCUT2D eigenvalue weighted by Crippen LogP contribution is 2.31. The Bertz CT molecular complexity index is 1230. The van der Waals surface area contributed by atoms with Gasteiger partial charge in [-0.3, -0.25) is 9.69 Å². The molecule has 0 radical (unpaired) electrons. The minimum absolute atomic E-state index is 0.0200. The minimum Gasteiger partial charge on any atom is -0.394 e. The molecule has 4 rings (SSSR count). The zero-order valence-electron chi connectivity index (χ0n) is 21.5. The van der Waals surface area contributed by atoms with Crippen LogP contribution >= 0.6 is 23.2 Å². The highest BCUT2D eigenvalue weighted by Gasteiger charge is 2.30. The normalized spacial score (nSPS) is 19.2. The zero-order valence-corrected chi connectivity index (χ0v) is 23.0. The van der Waals surface area contributed by atoms with Gasteiger partial charge in [-0.05, 0) is 54.4 Å². The summed E-state index contributed by atoms with van der Waals surface area (Å²) in [6.07, 6.45) is -0.150. The second-order valence-corrected chi connectivity index (χ2v) is 10.8. The van der Waals surface area contributed by atoms with Crippen LogP contribution in [0.5, 0.6) is 0 Å². The van der Waals surface area contributed by atoms with E-state index in [4.69, 9.17) is 27.9 Å². The van der Waals surface area contributed by atoms with E-state index in [0.29, 0.717) is 41.8 Å². The molecule has 37 heavy (non-hydrogen) atoms. The molecule has 1 heterocycles. The Morgan fingerprint density at radius 2 is 1.70 bits per heavy atom. The molecule has 1 aliphatic heterocycles. The topological polar surface area (TPSA) is 53.0 Å². The Balaban J connectivity index is 1.66. The van der Waals surface area contributed by atoms with Crippen LogP contribution in [0, 0.1) is 5.92 Å². The molecule has 3 aromatic rings. The summed E-state index contributed by atoms with van der Waals surface area (Å²) >= 11 is 12.3. The Labute approximate surface area is 229 Å². The maximum atomic E-state index is 13.9. The van der Waals surface area contributed by atoms with E-state index in [0.717, 1.165) is 22.3 Å². The van der Waals surface area contributed by atoms with Crippen molar-refractivity contribution >= 4 is 29.1 Å². The molecule has 0 aliphatic carbocycles. The summed E-state index contributed by atoms with van der Waals surface area (Å²) in [6, 6.07) is 21.1. The predicted octanol–water partition coefficient (Wildman–Crippen LogP) is 6.15. The van der Waals surface area contributed by atoms with Crippen molar-refractivity contribution in [2.24, 2.45) is 5.92 Å². The average Bonchev–Trinajstić information content (AvgIpc) is 2.92. The fourth-order valence-electron chi connectivity index (χ4n) is 4.87. The largest absolute Gasteiger partial charge is 0.394 e. The van der Waals surface area contributed by atoms with Crippen molar-refractivity contribution in [3.63, 3.8) is 0 Å². The first kappa shape index (κ1) is 27.6. The lowest BCUT2D eigenvalue weighted by atomic mass is 9.94. The van der Waals surface area contributed by atoms with E-state index in [1.165, 1.54) is 0 Å². The van der Waals surface area contributed by atoms with E-state index in [2.05, 4.69) is 17.9 Å². The number of aliphatic hydroxyl groups is 1. The Morgan fingerprint density at radius 1 is 1.03 bits per heavy atom. The van der Waals surface area contributed by atoms with Gasteiger partial charge in [0.2, 0.25) is 0 Å². The number of halogens is 2. The standard InChI is InChI=1S/C30H34Cl2N2O3/c1-20-15-34(21(2)18-35)30(36)26-11-7-6-10-25(26)24-9-5-4-8-23(24)19-37-29(20)17-33(3)16-22-12-13-27(31)28(32)14-22/h4-14,20-21,29,35H,15-19H2,1-3H3/t20-,21-,29+/m0/s1. The summed E-state index contributed by atoms with van der Waals surface area (Å²) in [5.74, 6) is -0.0600. The molecule has 0 unspecified atom stereocenters. The third-order valence-corrected chi connectivity index (χ3v) is 7.76. The molecule has 3 aromatic carbocycles. The highest BCUT2D eigenvalue weighted by molar-refractivity contribution is 6.42. The molecule has 196 valence electrons. The van der Waals surface area contributed by atoms with Gasteiger partial charge in [-0.1, -0.05) is 78.7 Å². The number of fused-ring (bicyclic) bond motifs is 3. The quantitative estimate of drug-likeness (QED) is 0.407. The smallest absolute Gasteiger partial charge is 0.254 e. The Kier molecular flexibility index (Phi) is 9.27. The van der Waals surface area contributed by atoms with Gasteiger partial charge in [-0.15, -0.1) is 0 Å². The first-order valence-corrected chi connectivity index (χ1v) is 13.4. The molecule has 3 atom stereocenters. The number of nitrogens with zero attached hydrogens (tertiary/aromatic N) is 2. The minimum atomic E-state index is -0.325. The second-order valence-electron chi connectivity index (χ2n) is 9.96. The summed E-state index contributed by atoms with van der Waals surface area (Å²) in [6.45, 7) is 6.12. The number of hydrogen-bond donors (Lipinski definition) is 1. The number of aliphatic hydroxyl groups excluding tert-OH is 1. The van der Waals surface area contributed by atoms with Gasteiger partial charge in [0.05, 0.1) is 35.4 Å². The van der Waals surface area contributed by atoms with Crippen molar-refractivity contribution in [1.82, 2.24) is 9.80 Å². The average molecular weight is 542 g/mol. The lowest BCUT2D eigenvalue weighted by molar-refractivity contribution is -0.0241. The first-order chi connectivity index (χ1) is 17.8. The number of hydrogen-bond acceptors (Lipinski definition) is 4. The molecule has 0 fully saturated rings. The molecule has 1 aliphatic rings. The van der Waals surface area contributed by atoms with E-state index in [1.807, 2.05) is 74.6 Å². The van der Waals surface area contributed by atoms with Gasteiger partial charge in [-0.25, -0.2) is 0 Å². The third-order valence-electron chi connectivity index (χ3n) is 7.02. The van der Waals surface area contributed by atoms with Crippen LogP contribution < -0.4 is 0 Å². The van der Waals surface area contributed by atoms with Crippen LogP contribution in [-0.4, -0.2) is 59.7 Å². The molecule has 0 spiro atoms. The van der Waals surface area contributed by atoms with Crippen LogP contribution in [0.1, 0.15) is 35.3 Å². The van der Waals surface area contributed by atoms with Crippen molar-refractivity contribution in [3.8, 4) is 11.1 Å². The molecule has 1 amide bonds. The molecule has 7 heteroatoms. The van der Waals surface area contributed by atoms with Gasteiger partial charge in [0.1, 0.15) is 0 Å².